The Morgan fingerprint density at radius 3 is 1.67 bits per heavy atom. The van der Waals surface area contributed by atoms with Gasteiger partial charge in [0.1, 0.15) is 0 Å². The fourth-order valence-corrected chi connectivity index (χ4v) is 4.50. The summed E-state index contributed by atoms with van der Waals surface area (Å²) in [4.78, 5) is 0. The third-order valence-electron chi connectivity index (χ3n) is 5.69. The van der Waals surface area contributed by atoms with Crippen LogP contribution in [0.25, 0.3) is 0 Å². The van der Waals surface area contributed by atoms with Crippen LogP contribution in [0.4, 0.5) is 0 Å². The molecule has 0 saturated heterocycles. The maximum atomic E-state index is 7.03. The van der Waals surface area contributed by atoms with Gasteiger partial charge < -0.3 is 0 Å². The van der Waals surface area contributed by atoms with Gasteiger partial charge in [-0.2, -0.15) is 0 Å². The summed E-state index contributed by atoms with van der Waals surface area (Å²) in [6.07, 6.45) is 18.2. The second kappa shape index (κ2) is 7.01. The molecule has 0 aromatic rings. The zero-order chi connectivity index (χ0) is 12.8. The summed E-state index contributed by atoms with van der Waals surface area (Å²) in [7, 11) is 7.03. The van der Waals surface area contributed by atoms with E-state index in [1.165, 1.54) is 83.5 Å². The first-order valence-electron chi connectivity index (χ1n) is 8.56. The van der Waals surface area contributed by atoms with Crippen molar-refractivity contribution < 1.29 is 0 Å². The topological polar surface area (TPSA) is 0 Å². The third kappa shape index (κ3) is 3.33. The summed E-state index contributed by atoms with van der Waals surface area (Å²) >= 11 is 0. The molecule has 0 unspecified atom stereocenters. The van der Waals surface area contributed by atoms with E-state index in [9.17, 15) is 0 Å². The summed E-state index contributed by atoms with van der Waals surface area (Å²) in [5.74, 6) is 1.67. The van der Waals surface area contributed by atoms with E-state index in [1.807, 2.05) is 0 Å². The van der Waals surface area contributed by atoms with Crippen LogP contribution < -0.4 is 0 Å². The van der Waals surface area contributed by atoms with Gasteiger partial charge >= 0.3 is 0 Å². The number of unbranched alkanes of at least 4 members (excludes halogenated alkanes) is 1. The first kappa shape index (κ1) is 14.5. The van der Waals surface area contributed by atoms with Crippen molar-refractivity contribution in [2.45, 2.75) is 95.7 Å². The Kier molecular flexibility index (Phi) is 5.64. The van der Waals surface area contributed by atoms with Crippen molar-refractivity contribution in [1.82, 2.24) is 0 Å². The molecule has 2 fully saturated rings. The Labute approximate surface area is 116 Å². The number of rotatable bonds is 5. The predicted molar refractivity (Wildman–Crippen MR) is 81.1 cm³/mol. The zero-order valence-corrected chi connectivity index (χ0v) is 12.4. The number of hydrogen-bond acceptors (Lipinski definition) is 0. The van der Waals surface area contributed by atoms with Crippen LogP contribution in [0.15, 0.2) is 0 Å². The smallest absolute Gasteiger partial charge is 0.0654 e. The highest BCUT2D eigenvalue weighted by molar-refractivity contribution is 6.15. The van der Waals surface area contributed by atoms with Gasteiger partial charge in [0, 0.05) is 0 Å². The molecule has 2 saturated carbocycles. The van der Waals surface area contributed by atoms with Gasteiger partial charge in [-0.1, -0.05) is 95.7 Å². The molecule has 0 N–H and O–H groups in total. The molecule has 2 rings (SSSR count). The Morgan fingerprint density at radius 2 is 1.28 bits per heavy atom. The predicted octanol–water partition coefficient (Wildman–Crippen LogP) is 5.66. The monoisotopic (exact) mass is 246 g/mol. The molecule has 0 aromatic heterocycles. The molecule has 0 heterocycles. The van der Waals surface area contributed by atoms with Gasteiger partial charge in [-0.25, -0.2) is 0 Å². The van der Waals surface area contributed by atoms with Gasteiger partial charge in [-0.3, -0.25) is 0 Å². The average molecular weight is 246 g/mol. The van der Waals surface area contributed by atoms with E-state index in [0.29, 0.717) is 0 Å². The second-order valence-corrected chi connectivity index (χ2v) is 6.89. The molecule has 2 radical (unpaired) electrons. The molecule has 18 heavy (non-hydrogen) atoms. The quantitative estimate of drug-likeness (QED) is 0.548. The minimum atomic E-state index is 0.191. The van der Waals surface area contributed by atoms with E-state index in [1.54, 1.807) is 0 Å². The van der Waals surface area contributed by atoms with Crippen LogP contribution in [0.5, 0.6) is 0 Å². The van der Waals surface area contributed by atoms with Crippen LogP contribution in [-0.2, 0) is 0 Å². The van der Waals surface area contributed by atoms with Gasteiger partial charge in [0.25, 0.3) is 0 Å². The lowest BCUT2D eigenvalue weighted by Crippen LogP contribution is -2.34. The summed E-state index contributed by atoms with van der Waals surface area (Å²) in [6.45, 7) is 2.31. The van der Waals surface area contributed by atoms with Gasteiger partial charge in [0.2, 0.25) is 0 Å². The van der Waals surface area contributed by atoms with Crippen molar-refractivity contribution >= 4 is 7.85 Å². The lowest BCUT2D eigenvalue weighted by molar-refractivity contribution is 0.149. The highest BCUT2D eigenvalue weighted by atomic mass is 14.4. The molecule has 0 aromatic carbocycles. The van der Waals surface area contributed by atoms with Crippen molar-refractivity contribution in [3.8, 4) is 0 Å². The van der Waals surface area contributed by atoms with Crippen molar-refractivity contribution in [3.05, 3.63) is 0 Å². The van der Waals surface area contributed by atoms with Gasteiger partial charge in [0.05, 0.1) is 7.85 Å². The largest absolute Gasteiger partial charge is 0.0753 e. The van der Waals surface area contributed by atoms with Gasteiger partial charge in [-0.15, -0.1) is 0 Å². The summed E-state index contributed by atoms with van der Waals surface area (Å²) in [5.41, 5.74) is 0. The van der Waals surface area contributed by atoms with E-state index in [2.05, 4.69) is 6.92 Å². The molecule has 1 heteroatoms. The Balaban J connectivity index is 2.04. The fourth-order valence-electron chi connectivity index (χ4n) is 4.50. The van der Waals surface area contributed by atoms with E-state index >= 15 is 0 Å². The lowest BCUT2D eigenvalue weighted by atomic mass is 9.47. The highest BCUT2D eigenvalue weighted by Gasteiger charge is 2.40. The van der Waals surface area contributed by atoms with E-state index in [-0.39, 0.29) is 5.31 Å². The third-order valence-corrected chi connectivity index (χ3v) is 5.69. The molecule has 0 spiro atoms. The number of hydrogen-bond donors (Lipinski definition) is 0. The lowest BCUT2D eigenvalue weighted by Gasteiger charge is -2.48. The van der Waals surface area contributed by atoms with Crippen molar-refractivity contribution in [2.24, 2.45) is 11.8 Å². The molecular weight excluding hydrogens is 215 g/mol. The molecule has 0 amide bonds. The van der Waals surface area contributed by atoms with Gasteiger partial charge in [0.15, 0.2) is 0 Å². The van der Waals surface area contributed by atoms with Gasteiger partial charge in [-0.05, 0) is 11.8 Å². The summed E-state index contributed by atoms with van der Waals surface area (Å²) in [5, 5.41) is 0.191. The molecule has 2 aliphatic carbocycles. The molecule has 0 atom stereocenters. The average Bonchev–Trinajstić information content (AvgIpc) is 2.46. The minimum Gasteiger partial charge on any atom is -0.0654 e. The fraction of sp³-hybridized carbons (Fsp3) is 1.00. The minimum absolute atomic E-state index is 0.191. The van der Waals surface area contributed by atoms with Crippen molar-refractivity contribution in [2.75, 3.05) is 0 Å². The summed E-state index contributed by atoms with van der Waals surface area (Å²) in [6, 6.07) is 0. The molecular formula is C17H31B. The van der Waals surface area contributed by atoms with Crippen LogP contribution in [0.2, 0.25) is 5.31 Å². The Morgan fingerprint density at radius 1 is 0.833 bits per heavy atom. The van der Waals surface area contributed by atoms with Crippen LogP contribution in [0.1, 0.15) is 90.4 Å². The maximum absolute atomic E-state index is 7.03. The SMILES string of the molecule is [B]C(CCCC)(C1CCCCC1)C1CCCCC1. The van der Waals surface area contributed by atoms with E-state index < -0.39 is 0 Å². The summed E-state index contributed by atoms with van der Waals surface area (Å²) < 4.78 is 0. The first-order chi connectivity index (χ1) is 8.77. The van der Waals surface area contributed by atoms with Crippen LogP contribution in [-0.4, -0.2) is 7.85 Å². The van der Waals surface area contributed by atoms with E-state index in [4.69, 9.17) is 7.85 Å². The zero-order valence-electron chi connectivity index (χ0n) is 12.4. The van der Waals surface area contributed by atoms with Crippen molar-refractivity contribution in [1.29, 1.82) is 0 Å². The highest BCUT2D eigenvalue weighted by Crippen LogP contribution is 2.54. The van der Waals surface area contributed by atoms with Crippen LogP contribution >= 0.6 is 0 Å². The molecule has 2 aliphatic rings. The first-order valence-corrected chi connectivity index (χ1v) is 8.56. The molecule has 102 valence electrons. The Hall–Kier alpha value is 0.0649. The normalized spacial score (nSPS) is 24.3. The molecule has 0 bridgehead atoms. The molecule has 0 aliphatic heterocycles. The van der Waals surface area contributed by atoms with Crippen LogP contribution in [0.3, 0.4) is 0 Å². The molecule has 0 nitrogen and oxygen atoms in total. The van der Waals surface area contributed by atoms with Crippen molar-refractivity contribution in [3.63, 3.8) is 0 Å². The van der Waals surface area contributed by atoms with Crippen LogP contribution in [0, 0.1) is 11.8 Å². The van der Waals surface area contributed by atoms with E-state index in [0.717, 1.165) is 11.8 Å². The standard InChI is InChI=1S/C17H31B/c1-2-3-14-17(18,15-10-6-4-7-11-15)16-12-8-5-9-13-16/h15-16H,2-14H2,1H3. The Bertz CT molecular complexity index is 206. The maximum Gasteiger partial charge on any atom is 0.0753 e. The second-order valence-electron chi connectivity index (χ2n) is 6.89.